The topological polar surface area (TPSA) is 0 Å². The van der Waals surface area contributed by atoms with Crippen molar-refractivity contribution in [2.75, 3.05) is 0 Å². The maximum absolute atomic E-state index is 2.46. The van der Waals surface area contributed by atoms with E-state index >= 15 is 0 Å². The van der Waals surface area contributed by atoms with E-state index in [1.807, 2.05) is 11.1 Å². The van der Waals surface area contributed by atoms with E-state index < -0.39 is 0 Å². The fourth-order valence-corrected chi connectivity index (χ4v) is 5.79. The van der Waals surface area contributed by atoms with Crippen LogP contribution in [0.25, 0.3) is 0 Å². The van der Waals surface area contributed by atoms with Crippen molar-refractivity contribution in [3.8, 4) is 0 Å². The van der Waals surface area contributed by atoms with Crippen molar-refractivity contribution >= 4 is 0 Å². The van der Waals surface area contributed by atoms with Crippen molar-refractivity contribution < 1.29 is 0 Å². The van der Waals surface area contributed by atoms with E-state index in [2.05, 4.69) is 41.5 Å². The van der Waals surface area contributed by atoms with Crippen LogP contribution in [-0.4, -0.2) is 0 Å². The lowest BCUT2D eigenvalue weighted by atomic mass is 9.65. The van der Waals surface area contributed by atoms with E-state index in [4.69, 9.17) is 0 Å². The van der Waals surface area contributed by atoms with Gasteiger partial charge >= 0.3 is 0 Å². The third-order valence-corrected chi connectivity index (χ3v) is 5.86. The van der Waals surface area contributed by atoms with Gasteiger partial charge in [-0.05, 0) is 66.6 Å². The summed E-state index contributed by atoms with van der Waals surface area (Å²) in [5, 5.41) is 0. The maximum Gasteiger partial charge on any atom is -0.0167 e. The molecule has 2 saturated carbocycles. The highest BCUT2D eigenvalue weighted by Gasteiger charge is 2.47. The number of hydrogen-bond acceptors (Lipinski definition) is 0. The molecule has 4 aliphatic carbocycles. The van der Waals surface area contributed by atoms with Crippen LogP contribution < -0.4 is 0 Å². The second kappa shape index (κ2) is 4.12. The molecule has 0 saturated heterocycles. The third-order valence-electron chi connectivity index (χ3n) is 5.86. The second-order valence-electron chi connectivity index (χ2n) is 9.63. The fourth-order valence-electron chi connectivity index (χ4n) is 5.79. The smallest absolute Gasteiger partial charge is 0.0167 e. The molecule has 4 aliphatic rings. The zero-order valence-electron chi connectivity index (χ0n) is 13.8. The summed E-state index contributed by atoms with van der Waals surface area (Å²) in [5.41, 5.74) is 4.48. The summed E-state index contributed by atoms with van der Waals surface area (Å²) in [6, 6.07) is 0. The van der Waals surface area contributed by atoms with Crippen molar-refractivity contribution in [1.82, 2.24) is 0 Å². The Morgan fingerprint density at radius 1 is 0.579 bits per heavy atom. The summed E-state index contributed by atoms with van der Waals surface area (Å²) in [5.74, 6) is 3.90. The zero-order valence-corrected chi connectivity index (χ0v) is 13.8. The minimum atomic E-state index is 0.368. The summed E-state index contributed by atoms with van der Waals surface area (Å²) in [4.78, 5) is 0. The highest BCUT2D eigenvalue weighted by molar-refractivity contribution is 5.33. The van der Waals surface area contributed by atoms with Crippen LogP contribution in [0.2, 0.25) is 0 Å². The molecule has 0 aromatic rings. The van der Waals surface area contributed by atoms with Crippen LogP contribution in [0, 0.1) is 34.5 Å². The molecule has 0 unspecified atom stereocenters. The molecule has 0 heterocycles. The van der Waals surface area contributed by atoms with Gasteiger partial charge < -0.3 is 0 Å². The largest absolute Gasteiger partial charge is 0.0617 e. The quantitative estimate of drug-likeness (QED) is 0.481. The van der Waals surface area contributed by atoms with E-state index in [1.165, 1.54) is 25.7 Å². The number of hydrogen-bond donors (Lipinski definition) is 0. The third kappa shape index (κ3) is 2.30. The predicted octanol–water partition coefficient (Wildman–Crippen LogP) is 5.83. The van der Waals surface area contributed by atoms with Crippen molar-refractivity contribution in [1.29, 1.82) is 0 Å². The molecule has 0 spiro atoms. The Bertz CT molecular complexity index is 349. The molecule has 0 N–H and O–H groups in total. The summed E-state index contributed by atoms with van der Waals surface area (Å²) in [6.45, 7) is 14.8. The molecule has 4 bridgehead atoms. The molecular formula is C19H32. The van der Waals surface area contributed by atoms with Crippen molar-refractivity contribution in [2.45, 2.75) is 73.6 Å². The molecule has 0 atom stereocenters. The normalized spacial score (nSPS) is 38.8. The molecule has 0 radical (unpaired) electrons. The highest BCUT2D eigenvalue weighted by Crippen LogP contribution is 2.59. The van der Waals surface area contributed by atoms with E-state index in [0.717, 1.165) is 23.7 Å². The van der Waals surface area contributed by atoms with Gasteiger partial charge in [0.1, 0.15) is 0 Å². The molecule has 0 nitrogen and oxygen atoms in total. The lowest BCUT2D eigenvalue weighted by Crippen LogP contribution is -2.29. The van der Waals surface area contributed by atoms with Gasteiger partial charge in [0.2, 0.25) is 0 Å². The van der Waals surface area contributed by atoms with Gasteiger partial charge in [-0.15, -0.1) is 0 Å². The van der Waals surface area contributed by atoms with Crippen LogP contribution in [-0.2, 0) is 0 Å². The molecule has 0 aromatic carbocycles. The monoisotopic (exact) mass is 260 g/mol. The van der Waals surface area contributed by atoms with E-state index in [9.17, 15) is 0 Å². The van der Waals surface area contributed by atoms with Crippen LogP contribution in [0.15, 0.2) is 11.1 Å². The molecule has 108 valence electrons. The standard InChI is InChI=1S/C19H32/c1-18(2,3)16-14-8-12-7-13(9-14)11-15(10-12)17(16)19(4,5)6/h12-15H,7-11H2,1-6H3. The van der Waals surface area contributed by atoms with Gasteiger partial charge in [-0.25, -0.2) is 0 Å². The van der Waals surface area contributed by atoms with Gasteiger partial charge in [0, 0.05) is 0 Å². The van der Waals surface area contributed by atoms with E-state index in [1.54, 1.807) is 6.42 Å². The molecule has 2 fully saturated rings. The predicted molar refractivity (Wildman–Crippen MR) is 83.0 cm³/mol. The van der Waals surface area contributed by atoms with Gasteiger partial charge in [0.05, 0.1) is 0 Å². The lowest BCUT2D eigenvalue weighted by molar-refractivity contribution is 0.130. The van der Waals surface area contributed by atoms with Crippen LogP contribution >= 0.6 is 0 Å². The molecular weight excluding hydrogens is 228 g/mol. The average Bonchev–Trinajstić information content (AvgIpc) is 2.37. The maximum atomic E-state index is 2.46. The van der Waals surface area contributed by atoms with Crippen LogP contribution in [0.3, 0.4) is 0 Å². The number of allylic oxidation sites excluding steroid dienone is 2. The van der Waals surface area contributed by atoms with Gasteiger partial charge in [-0.2, -0.15) is 0 Å². The minimum Gasteiger partial charge on any atom is -0.0617 e. The minimum absolute atomic E-state index is 0.368. The summed E-state index contributed by atoms with van der Waals surface area (Å²) < 4.78 is 0. The van der Waals surface area contributed by atoms with Crippen LogP contribution in [0.4, 0.5) is 0 Å². The first-order chi connectivity index (χ1) is 8.66. The zero-order chi connectivity index (χ0) is 14.0. The highest BCUT2D eigenvalue weighted by atomic mass is 14.5. The van der Waals surface area contributed by atoms with Crippen molar-refractivity contribution in [3.63, 3.8) is 0 Å². The van der Waals surface area contributed by atoms with Crippen molar-refractivity contribution in [2.24, 2.45) is 34.5 Å². The molecule has 4 rings (SSSR count). The van der Waals surface area contributed by atoms with Gasteiger partial charge in [-0.3, -0.25) is 0 Å². The van der Waals surface area contributed by atoms with Gasteiger partial charge in [0.15, 0.2) is 0 Å². The molecule has 0 amide bonds. The molecule has 0 heteroatoms. The fraction of sp³-hybridized carbons (Fsp3) is 0.895. The summed E-state index contributed by atoms with van der Waals surface area (Å²) >= 11 is 0. The Morgan fingerprint density at radius 3 is 1.16 bits per heavy atom. The van der Waals surface area contributed by atoms with E-state index in [0.29, 0.717) is 10.8 Å². The lowest BCUT2D eigenvalue weighted by Gasteiger charge is -2.40. The average molecular weight is 260 g/mol. The van der Waals surface area contributed by atoms with Gasteiger partial charge in [0.25, 0.3) is 0 Å². The Morgan fingerprint density at radius 2 is 0.895 bits per heavy atom. The van der Waals surface area contributed by atoms with Gasteiger partial charge in [-0.1, -0.05) is 52.7 Å². The summed E-state index contributed by atoms with van der Waals surface area (Å²) in [7, 11) is 0. The SMILES string of the molecule is CC(C)(C)C1=C(C(C)(C)C)C2CC3CC(CC1C3)C2. The Hall–Kier alpha value is -0.260. The van der Waals surface area contributed by atoms with Crippen LogP contribution in [0.5, 0.6) is 0 Å². The molecule has 0 aromatic heterocycles. The molecule has 0 aliphatic heterocycles. The first-order valence-corrected chi connectivity index (χ1v) is 8.41. The van der Waals surface area contributed by atoms with Crippen LogP contribution in [0.1, 0.15) is 73.6 Å². The Balaban J connectivity index is 2.15. The second-order valence-corrected chi connectivity index (χ2v) is 9.63. The van der Waals surface area contributed by atoms with E-state index in [-0.39, 0.29) is 0 Å². The first-order valence-electron chi connectivity index (χ1n) is 8.41. The summed E-state index contributed by atoms with van der Waals surface area (Å²) in [6.07, 6.45) is 7.54. The number of rotatable bonds is 0. The van der Waals surface area contributed by atoms with Crippen molar-refractivity contribution in [3.05, 3.63) is 11.1 Å². The Kier molecular flexibility index (Phi) is 2.97. The Labute approximate surface area is 120 Å². The molecule has 19 heavy (non-hydrogen) atoms. The first kappa shape index (κ1) is 13.7.